The van der Waals surface area contributed by atoms with Gasteiger partial charge in [0.2, 0.25) is 0 Å². The van der Waals surface area contributed by atoms with Gasteiger partial charge in [-0.2, -0.15) is 0 Å². The number of nitrogens with zero attached hydrogens (tertiary/aromatic N) is 1. The summed E-state index contributed by atoms with van der Waals surface area (Å²) >= 11 is 0. The first kappa shape index (κ1) is 14.8. The van der Waals surface area contributed by atoms with Gasteiger partial charge < -0.3 is 9.67 Å². The van der Waals surface area contributed by atoms with E-state index in [1.807, 2.05) is 0 Å². The van der Waals surface area contributed by atoms with Gasteiger partial charge in [0, 0.05) is 18.3 Å². The minimum atomic E-state index is -0.956. The summed E-state index contributed by atoms with van der Waals surface area (Å²) in [6.45, 7) is 6.26. The molecule has 0 radical (unpaired) electrons. The van der Waals surface area contributed by atoms with Crippen molar-refractivity contribution >= 4 is 5.97 Å². The monoisotopic (exact) mass is 277 g/mol. The molecule has 1 saturated carbocycles. The van der Waals surface area contributed by atoms with E-state index < -0.39 is 5.97 Å². The predicted molar refractivity (Wildman–Crippen MR) is 78.3 cm³/mol. The fourth-order valence-corrected chi connectivity index (χ4v) is 3.39. The SMILES string of the molecule is Cc1cc(=O)n(CC2(C)CCCCC2)c(C)c1C(=O)O. The number of aryl methyl sites for hydroxylation is 1. The van der Waals surface area contributed by atoms with E-state index in [9.17, 15) is 14.7 Å². The molecule has 0 atom stereocenters. The van der Waals surface area contributed by atoms with Crippen LogP contribution in [0.15, 0.2) is 10.9 Å². The number of carboxylic acids is 1. The Morgan fingerprint density at radius 2 is 1.90 bits per heavy atom. The molecule has 0 aromatic carbocycles. The third-order valence-corrected chi connectivity index (χ3v) is 4.58. The second kappa shape index (κ2) is 5.43. The van der Waals surface area contributed by atoms with Gasteiger partial charge in [0.05, 0.1) is 5.56 Å². The second-order valence-electron chi connectivity index (χ2n) is 6.39. The fourth-order valence-electron chi connectivity index (χ4n) is 3.39. The molecule has 1 aliphatic rings. The molecule has 0 spiro atoms. The van der Waals surface area contributed by atoms with Gasteiger partial charge in [-0.05, 0) is 37.7 Å². The van der Waals surface area contributed by atoms with Crippen LogP contribution in [0.2, 0.25) is 0 Å². The Bertz CT molecular complexity index is 580. The summed E-state index contributed by atoms with van der Waals surface area (Å²) in [6.07, 6.45) is 5.87. The highest BCUT2D eigenvalue weighted by atomic mass is 16.4. The number of carbonyl (C=O) groups is 1. The second-order valence-corrected chi connectivity index (χ2v) is 6.39. The first-order chi connectivity index (χ1) is 9.34. The summed E-state index contributed by atoms with van der Waals surface area (Å²) in [6, 6.07) is 1.45. The van der Waals surface area contributed by atoms with Gasteiger partial charge >= 0.3 is 5.97 Å². The van der Waals surface area contributed by atoms with Gasteiger partial charge in [-0.1, -0.05) is 26.2 Å². The van der Waals surface area contributed by atoms with Crippen LogP contribution in [0.25, 0.3) is 0 Å². The molecule has 0 bridgehead atoms. The molecule has 0 aliphatic heterocycles. The molecule has 4 heteroatoms. The Labute approximate surface area is 119 Å². The zero-order valence-electron chi connectivity index (χ0n) is 12.5. The van der Waals surface area contributed by atoms with Crippen molar-refractivity contribution < 1.29 is 9.90 Å². The molecular formula is C16H23NO3. The smallest absolute Gasteiger partial charge is 0.337 e. The van der Waals surface area contributed by atoms with Crippen LogP contribution >= 0.6 is 0 Å². The van der Waals surface area contributed by atoms with E-state index in [1.54, 1.807) is 18.4 Å². The highest BCUT2D eigenvalue weighted by molar-refractivity contribution is 5.90. The fraction of sp³-hybridized carbons (Fsp3) is 0.625. The average molecular weight is 277 g/mol. The minimum absolute atomic E-state index is 0.0863. The zero-order chi connectivity index (χ0) is 14.9. The minimum Gasteiger partial charge on any atom is -0.478 e. The maximum Gasteiger partial charge on any atom is 0.337 e. The first-order valence-corrected chi connectivity index (χ1v) is 7.28. The number of hydrogen-bond donors (Lipinski definition) is 1. The molecule has 1 aromatic heterocycles. The van der Waals surface area contributed by atoms with Crippen LogP contribution < -0.4 is 5.56 Å². The standard InChI is InChI=1S/C16H23NO3/c1-11-9-13(18)17(12(2)14(11)15(19)20)10-16(3)7-5-4-6-8-16/h9H,4-8,10H2,1-3H3,(H,19,20). The maximum absolute atomic E-state index is 12.2. The van der Waals surface area contributed by atoms with E-state index in [1.165, 1.54) is 25.3 Å². The molecule has 2 rings (SSSR count). The summed E-state index contributed by atoms with van der Waals surface area (Å²) in [5.41, 5.74) is 1.41. The quantitative estimate of drug-likeness (QED) is 0.923. The molecule has 0 amide bonds. The molecule has 1 aromatic rings. The van der Waals surface area contributed by atoms with Crippen LogP contribution in [0.1, 0.15) is 60.6 Å². The Hall–Kier alpha value is -1.58. The Kier molecular flexibility index (Phi) is 4.02. The topological polar surface area (TPSA) is 59.3 Å². The maximum atomic E-state index is 12.2. The molecule has 0 unspecified atom stereocenters. The van der Waals surface area contributed by atoms with Gasteiger partial charge in [-0.15, -0.1) is 0 Å². The van der Waals surface area contributed by atoms with Crippen LogP contribution in [0.5, 0.6) is 0 Å². The van der Waals surface area contributed by atoms with Gasteiger partial charge in [-0.25, -0.2) is 4.79 Å². The van der Waals surface area contributed by atoms with Crippen LogP contribution in [0.4, 0.5) is 0 Å². The Balaban J connectivity index is 2.44. The molecule has 20 heavy (non-hydrogen) atoms. The molecule has 1 heterocycles. The molecule has 0 saturated heterocycles. The lowest BCUT2D eigenvalue weighted by molar-refractivity contribution is 0.0693. The first-order valence-electron chi connectivity index (χ1n) is 7.28. The van der Waals surface area contributed by atoms with Crippen molar-refractivity contribution in [2.24, 2.45) is 5.41 Å². The summed E-state index contributed by atoms with van der Waals surface area (Å²) in [7, 11) is 0. The normalized spacial score (nSPS) is 17.9. The van der Waals surface area contributed by atoms with Crippen molar-refractivity contribution in [2.45, 2.75) is 59.4 Å². The van der Waals surface area contributed by atoms with E-state index in [0.717, 1.165) is 12.8 Å². The van der Waals surface area contributed by atoms with Crippen LogP contribution in [0.3, 0.4) is 0 Å². The lowest BCUT2D eigenvalue weighted by atomic mass is 9.75. The van der Waals surface area contributed by atoms with Crippen molar-refractivity contribution in [1.82, 2.24) is 4.57 Å². The number of pyridine rings is 1. The average Bonchev–Trinajstić information content (AvgIpc) is 2.34. The zero-order valence-corrected chi connectivity index (χ0v) is 12.5. The predicted octanol–water partition coefficient (Wildman–Crippen LogP) is 3.13. The molecule has 4 nitrogen and oxygen atoms in total. The van der Waals surface area contributed by atoms with Crippen molar-refractivity contribution in [3.63, 3.8) is 0 Å². The molecule has 110 valence electrons. The van der Waals surface area contributed by atoms with Crippen LogP contribution in [0, 0.1) is 19.3 Å². The molecular weight excluding hydrogens is 254 g/mol. The van der Waals surface area contributed by atoms with E-state index in [0.29, 0.717) is 17.8 Å². The molecule has 1 aliphatic carbocycles. The van der Waals surface area contributed by atoms with E-state index in [4.69, 9.17) is 0 Å². The molecule has 1 N–H and O–H groups in total. The summed E-state index contributed by atoms with van der Waals surface area (Å²) < 4.78 is 1.65. The number of rotatable bonds is 3. The highest BCUT2D eigenvalue weighted by Crippen LogP contribution is 2.37. The lowest BCUT2D eigenvalue weighted by Crippen LogP contribution is -2.34. The van der Waals surface area contributed by atoms with Crippen LogP contribution in [-0.2, 0) is 6.54 Å². The van der Waals surface area contributed by atoms with Gasteiger partial charge in [0.15, 0.2) is 0 Å². The third kappa shape index (κ3) is 2.79. The largest absolute Gasteiger partial charge is 0.478 e. The van der Waals surface area contributed by atoms with Crippen LogP contribution in [-0.4, -0.2) is 15.6 Å². The highest BCUT2D eigenvalue weighted by Gasteiger charge is 2.29. The van der Waals surface area contributed by atoms with Crippen molar-refractivity contribution in [3.05, 3.63) is 33.2 Å². The van der Waals surface area contributed by atoms with Gasteiger partial charge in [0.25, 0.3) is 5.56 Å². The number of aromatic nitrogens is 1. The molecule has 1 fully saturated rings. The number of carboxylic acid groups (broad SMARTS) is 1. The third-order valence-electron chi connectivity index (χ3n) is 4.58. The van der Waals surface area contributed by atoms with Crippen molar-refractivity contribution in [3.8, 4) is 0 Å². The van der Waals surface area contributed by atoms with E-state index >= 15 is 0 Å². The van der Waals surface area contributed by atoms with Gasteiger partial charge in [0.1, 0.15) is 0 Å². The summed E-state index contributed by atoms with van der Waals surface area (Å²) in [5.74, 6) is -0.956. The Morgan fingerprint density at radius 3 is 2.45 bits per heavy atom. The summed E-state index contributed by atoms with van der Waals surface area (Å²) in [5, 5.41) is 9.32. The number of hydrogen-bond acceptors (Lipinski definition) is 2. The van der Waals surface area contributed by atoms with E-state index in [-0.39, 0.29) is 16.5 Å². The van der Waals surface area contributed by atoms with E-state index in [2.05, 4.69) is 6.92 Å². The van der Waals surface area contributed by atoms with Crippen molar-refractivity contribution in [2.75, 3.05) is 0 Å². The summed E-state index contributed by atoms with van der Waals surface area (Å²) in [4.78, 5) is 23.6. The van der Waals surface area contributed by atoms with Gasteiger partial charge in [-0.3, -0.25) is 4.79 Å². The number of aromatic carboxylic acids is 1. The Morgan fingerprint density at radius 1 is 1.30 bits per heavy atom. The van der Waals surface area contributed by atoms with Crippen molar-refractivity contribution in [1.29, 1.82) is 0 Å². The lowest BCUT2D eigenvalue weighted by Gasteiger charge is -2.34.